The molecule has 0 amide bonds. The van der Waals surface area contributed by atoms with Crippen molar-refractivity contribution in [2.75, 3.05) is 13.1 Å². The van der Waals surface area contributed by atoms with Crippen molar-refractivity contribution in [3.05, 3.63) is 34.7 Å². The van der Waals surface area contributed by atoms with Gasteiger partial charge in [0, 0.05) is 37.4 Å². The molecule has 0 atom stereocenters. The monoisotopic (exact) mass is 420 g/mol. The summed E-state index contributed by atoms with van der Waals surface area (Å²) in [6.45, 7) is 10.7. The van der Waals surface area contributed by atoms with Gasteiger partial charge in [0.2, 0.25) is 5.56 Å². The first-order chi connectivity index (χ1) is 9.92. The Bertz CT molecular complexity index is 505. The number of guanidine groups is 1. The highest BCUT2D eigenvalue weighted by molar-refractivity contribution is 14.0. The van der Waals surface area contributed by atoms with Gasteiger partial charge in [-0.3, -0.25) is 9.79 Å². The van der Waals surface area contributed by atoms with Gasteiger partial charge in [-0.25, -0.2) is 0 Å². The minimum Gasteiger partial charge on any atom is -0.357 e. The smallest absolute Gasteiger partial charge is 0.250 e. The summed E-state index contributed by atoms with van der Waals surface area (Å²) < 4.78 is 1.74. The molecule has 0 unspecified atom stereocenters. The topological polar surface area (TPSA) is 58.4 Å². The maximum Gasteiger partial charge on any atom is 0.250 e. The number of nitrogens with one attached hydrogen (secondary N) is 2. The molecular formula is C16H29IN4O. The van der Waals surface area contributed by atoms with Gasteiger partial charge in [-0.15, -0.1) is 24.0 Å². The van der Waals surface area contributed by atoms with E-state index in [0.29, 0.717) is 0 Å². The molecule has 1 aromatic heterocycles. The molecule has 0 radical (unpaired) electrons. The highest BCUT2D eigenvalue weighted by atomic mass is 127. The van der Waals surface area contributed by atoms with Crippen LogP contribution in [0.4, 0.5) is 0 Å². The third kappa shape index (κ3) is 9.07. The number of rotatable bonds is 6. The van der Waals surface area contributed by atoms with Crippen molar-refractivity contribution in [2.45, 2.75) is 52.6 Å². The minimum absolute atomic E-state index is 0. The molecule has 0 fully saturated rings. The van der Waals surface area contributed by atoms with Gasteiger partial charge in [-0.05, 0) is 46.6 Å². The van der Waals surface area contributed by atoms with E-state index in [4.69, 9.17) is 0 Å². The quantitative estimate of drug-likeness (QED) is 0.322. The average molecular weight is 420 g/mol. The molecule has 0 aromatic carbocycles. The summed E-state index contributed by atoms with van der Waals surface area (Å²) >= 11 is 0. The highest BCUT2D eigenvalue weighted by Gasteiger charge is 2.11. The summed E-state index contributed by atoms with van der Waals surface area (Å²) in [6.07, 6.45) is 3.74. The lowest BCUT2D eigenvalue weighted by atomic mass is 10.1. The largest absolute Gasteiger partial charge is 0.357 e. The van der Waals surface area contributed by atoms with E-state index in [-0.39, 0.29) is 35.1 Å². The molecule has 0 aliphatic rings. The van der Waals surface area contributed by atoms with Crippen molar-refractivity contribution in [3.8, 4) is 0 Å². The highest BCUT2D eigenvalue weighted by Crippen LogP contribution is 1.99. The normalized spacial score (nSPS) is 11.7. The number of pyridine rings is 1. The van der Waals surface area contributed by atoms with Crippen molar-refractivity contribution in [1.82, 2.24) is 15.2 Å². The van der Waals surface area contributed by atoms with Gasteiger partial charge in [0.05, 0.1) is 0 Å². The molecular weight excluding hydrogens is 391 g/mol. The van der Waals surface area contributed by atoms with Crippen LogP contribution in [0.1, 0.15) is 40.5 Å². The van der Waals surface area contributed by atoms with Crippen LogP contribution in [0, 0.1) is 0 Å². The summed E-state index contributed by atoms with van der Waals surface area (Å²) in [5.41, 5.74) is 0.0574. The van der Waals surface area contributed by atoms with Crippen LogP contribution in [0.3, 0.4) is 0 Å². The zero-order valence-electron chi connectivity index (χ0n) is 14.1. The van der Waals surface area contributed by atoms with Crippen molar-refractivity contribution in [1.29, 1.82) is 0 Å². The van der Waals surface area contributed by atoms with E-state index in [1.165, 1.54) is 0 Å². The Morgan fingerprint density at radius 3 is 2.59 bits per heavy atom. The van der Waals surface area contributed by atoms with Crippen LogP contribution in [-0.2, 0) is 6.54 Å². The molecule has 6 heteroatoms. The van der Waals surface area contributed by atoms with Crippen molar-refractivity contribution in [3.63, 3.8) is 0 Å². The van der Waals surface area contributed by atoms with E-state index in [1.807, 2.05) is 12.3 Å². The third-order valence-corrected chi connectivity index (χ3v) is 2.81. The lowest BCUT2D eigenvalue weighted by molar-refractivity contribution is 0.500. The summed E-state index contributed by atoms with van der Waals surface area (Å²) in [5.74, 6) is 0.849. The van der Waals surface area contributed by atoms with E-state index in [0.717, 1.165) is 38.4 Å². The van der Waals surface area contributed by atoms with E-state index < -0.39 is 0 Å². The minimum atomic E-state index is -0.00163. The van der Waals surface area contributed by atoms with Crippen molar-refractivity contribution >= 4 is 29.9 Å². The Hall–Kier alpha value is -1.05. The third-order valence-electron chi connectivity index (χ3n) is 2.81. The van der Waals surface area contributed by atoms with Crippen LogP contribution in [0.2, 0.25) is 0 Å². The Balaban J connectivity index is 0.00000441. The molecule has 0 aliphatic carbocycles. The summed E-state index contributed by atoms with van der Waals surface area (Å²) in [4.78, 5) is 16.1. The van der Waals surface area contributed by atoms with Gasteiger partial charge in [-0.1, -0.05) is 6.07 Å². The summed E-state index contributed by atoms with van der Waals surface area (Å²) in [6, 6.07) is 5.24. The molecule has 1 aromatic rings. The maximum atomic E-state index is 11.5. The Kier molecular flexibility index (Phi) is 10.1. The zero-order valence-corrected chi connectivity index (χ0v) is 16.4. The fourth-order valence-corrected chi connectivity index (χ4v) is 1.89. The van der Waals surface area contributed by atoms with Gasteiger partial charge in [-0.2, -0.15) is 0 Å². The predicted octanol–water partition coefficient (Wildman–Crippen LogP) is 2.60. The van der Waals surface area contributed by atoms with Gasteiger partial charge in [0.15, 0.2) is 5.96 Å². The molecule has 2 N–H and O–H groups in total. The van der Waals surface area contributed by atoms with Gasteiger partial charge >= 0.3 is 0 Å². The predicted molar refractivity (Wildman–Crippen MR) is 104 cm³/mol. The Morgan fingerprint density at radius 1 is 1.27 bits per heavy atom. The number of aryl methyl sites for hydroxylation is 1. The fourth-order valence-electron chi connectivity index (χ4n) is 1.89. The number of aliphatic imine (C=N–C) groups is 1. The Labute approximate surface area is 150 Å². The van der Waals surface area contributed by atoms with E-state index >= 15 is 0 Å². The Morgan fingerprint density at radius 2 is 2.00 bits per heavy atom. The van der Waals surface area contributed by atoms with Gasteiger partial charge in [0.25, 0.3) is 0 Å². The van der Waals surface area contributed by atoms with Crippen LogP contribution in [0.5, 0.6) is 0 Å². The van der Waals surface area contributed by atoms with E-state index in [9.17, 15) is 4.79 Å². The first kappa shape index (κ1) is 20.9. The van der Waals surface area contributed by atoms with Crippen LogP contribution in [0.15, 0.2) is 34.2 Å². The number of hydrogen-bond acceptors (Lipinski definition) is 2. The zero-order chi connectivity index (χ0) is 15.7. The number of halogens is 1. The molecule has 0 spiro atoms. The first-order valence-corrected chi connectivity index (χ1v) is 7.64. The van der Waals surface area contributed by atoms with Gasteiger partial charge in [0.1, 0.15) is 0 Å². The molecule has 0 aliphatic heterocycles. The molecule has 22 heavy (non-hydrogen) atoms. The molecule has 0 saturated heterocycles. The molecule has 1 rings (SSSR count). The average Bonchev–Trinajstić information content (AvgIpc) is 2.39. The van der Waals surface area contributed by atoms with Crippen LogP contribution in [0.25, 0.3) is 0 Å². The standard InChI is InChI=1S/C16H28N4O.HI/c1-5-17-15(19-16(2,3)4)18-11-7-9-13-20-12-8-6-10-14(20)21;/h6,8,10,12H,5,7,9,11,13H2,1-4H3,(H2,17,18,19);1H. The first-order valence-electron chi connectivity index (χ1n) is 7.64. The lowest BCUT2D eigenvalue weighted by Gasteiger charge is -2.23. The number of unbranched alkanes of at least 4 members (excludes halogenated alkanes) is 1. The SMILES string of the molecule is CCNC(=NCCCCn1ccccc1=O)NC(C)(C)C.I. The van der Waals surface area contributed by atoms with E-state index in [2.05, 4.69) is 43.3 Å². The molecule has 0 bridgehead atoms. The summed E-state index contributed by atoms with van der Waals surface area (Å²) in [7, 11) is 0. The number of aromatic nitrogens is 1. The van der Waals surface area contributed by atoms with Crippen molar-refractivity contribution in [2.24, 2.45) is 4.99 Å². The molecule has 5 nitrogen and oxygen atoms in total. The number of nitrogens with zero attached hydrogens (tertiary/aromatic N) is 2. The van der Waals surface area contributed by atoms with E-state index in [1.54, 1.807) is 16.7 Å². The second-order valence-corrected chi connectivity index (χ2v) is 6.08. The van der Waals surface area contributed by atoms with Crippen LogP contribution in [-0.4, -0.2) is 29.2 Å². The second kappa shape index (κ2) is 10.6. The van der Waals surface area contributed by atoms with Crippen LogP contribution < -0.4 is 16.2 Å². The van der Waals surface area contributed by atoms with Crippen molar-refractivity contribution < 1.29 is 0 Å². The second-order valence-electron chi connectivity index (χ2n) is 6.08. The molecule has 1 heterocycles. The molecule has 0 saturated carbocycles. The maximum absolute atomic E-state index is 11.5. The number of hydrogen-bond donors (Lipinski definition) is 2. The molecule has 126 valence electrons. The van der Waals surface area contributed by atoms with Crippen LogP contribution >= 0.6 is 24.0 Å². The fraction of sp³-hybridized carbons (Fsp3) is 0.625. The summed E-state index contributed by atoms with van der Waals surface area (Å²) in [5, 5.41) is 6.60. The van der Waals surface area contributed by atoms with Gasteiger partial charge < -0.3 is 15.2 Å². The lowest BCUT2D eigenvalue weighted by Crippen LogP contribution is -2.47.